The fraction of sp³-hybridized carbons (Fsp3) is 0.381. The average Bonchev–Trinajstić information content (AvgIpc) is 3.45. The van der Waals surface area contributed by atoms with Crippen molar-refractivity contribution in [2.75, 3.05) is 25.1 Å². The van der Waals surface area contributed by atoms with E-state index in [0.29, 0.717) is 25.7 Å². The standard InChI is InChI=1S/C21H25N3O2/c1-15-5-2-3-6-17(15)21(9-10-21)14-23-20(22)24-16-7-8-18-19(13-16)26-12-4-11-25-18/h2-3,5-8,13H,4,9-12,14H2,1H3,(H3,22,23,24). The zero-order valence-corrected chi connectivity index (χ0v) is 15.1. The molecule has 1 heterocycles. The van der Waals surface area contributed by atoms with Gasteiger partial charge in [0.2, 0.25) is 0 Å². The van der Waals surface area contributed by atoms with Crippen molar-refractivity contribution < 1.29 is 9.47 Å². The Morgan fingerprint density at radius 3 is 2.65 bits per heavy atom. The van der Waals surface area contributed by atoms with Gasteiger partial charge in [-0.2, -0.15) is 0 Å². The quantitative estimate of drug-likeness (QED) is 0.652. The van der Waals surface area contributed by atoms with Gasteiger partial charge >= 0.3 is 0 Å². The monoisotopic (exact) mass is 351 g/mol. The van der Waals surface area contributed by atoms with Crippen LogP contribution in [-0.4, -0.2) is 25.7 Å². The first-order chi connectivity index (χ1) is 12.7. The van der Waals surface area contributed by atoms with Crippen LogP contribution in [0.1, 0.15) is 30.4 Å². The molecule has 0 radical (unpaired) electrons. The van der Waals surface area contributed by atoms with Gasteiger partial charge in [0, 0.05) is 23.6 Å². The highest BCUT2D eigenvalue weighted by molar-refractivity contribution is 5.92. The molecule has 2 aliphatic rings. The Bertz CT molecular complexity index is 828. The van der Waals surface area contributed by atoms with Crippen LogP contribution < -0.4 is 20.5 Å². The van der Waals surface area contributed by atoms with Crippen molar-refractivity contribution in [2.24, 2.45) is 10.7 Å². The van der Waals surface area contributed by atoms with Gasteiger partial charge in [0.05, 0.1) is 19.8 Å². The molecule has 0 saturated heterocycles. The van der Waals surface area contributed by atoms with Gasteiger partial charge in [-0.1, -0.05) is 24.3 Å². The zero-order chi connectivity index (χ0) is 18.0. The Labute approximate surface area is 154 Å². The lowest BCUT2D eigenvalue weighted by Gasteiger charge is -2.16. The summed E-state index contributed by atoms with van der Waals surface area (Å²) in [5.74, 6) is 1.96. The van der Waals surface area contributed by atoms with Crippen LogP contribution in [-0.2, 0) is 5.41 Å². The molecule has 1 aliphatic heterocycles. The molecule has 2 aromatic carbocycles. The number of aliphatic imine (C=N–C) groups is 1. The molecule has 0 spiro atoms. The summed E-state index contributed by atoms with van der Waals surface area (Å²) >= 11 is 0. The van der Waals surface area contributed by atoms with E-state index in [1.807, 2.05) is 18.2 Å². The third kappa shape index (κ3) is 3.47. The van der Waals surface area contributed by atoms with Crippen LogP contribution in [0.15, 0.2) is 47.5 Å². The van der Waals surface area contributed by atoms with Crippen molar-refractivity contribution in [1.29, 1.82) is 0 Å². The molecule has 1 fully saturated rings. The zero-order valence-electron chi connectivity index (χ0n) is 15.1. The maximum Gasteiger partial charge on any atom is 0.193 e. The van der Waals surface area contributed by atoms with Gasteiger partial charge in [-0.05, 0) is 43.0 Å². The van der Waals surface area contributed by atoms with E-state index in [9.17, 15) is 0 Å². The highest BCUT2D eigenvalue weighted by Crippen LogP contribution is 2.49. The molecular weight excluding hydrogens is 326 g/mol. The molecule has 0 unspecified atom stereocenters. The molecule has 5 nitrogen and oxygen atoms in total. The van der Waals surface area contributed by atoms with Crippen molar-refractivity contribution in [2.45, 2.75) is 31.6 Å². The molecule has 136 valence electrons. The summed E-state index contributed by atoms with van der Waals surface area (Å²) in [4.78, 5) is 4.61. The predicted molar refractivity (Wildman–Crippen MR) is 104 cm³/mol. The van der Waals surface area contributed by atoms with E-state index in [1.165, 1.54) is 24.0 Å². The minimum Gasteiger partial charge on any atom is -0.490 e. The lowest BCUT2D eigenvalue weighted by Crippen LogP contribution is -2.25. The third-order valence-electron chi connectivity index (χ3n) is 5.14. The second-order valence-electron chi connectivity index (χ2n) is 7.13. The van der Waals surface area contributed by atoms with E-state index in [4.69, 9.17) is 15.2 Å². The molecular formula is C21H25N3O2. The smallest absolute Gasteiger partial charge is 0.193 e. The molecule has 0 bridgehead atoms. The van der Waals surface area contributed by atoms with Crippen molar-refractivity contribution in [3.63, 3.8) is 0 Å². The summed E-state index contributed by atoms with van der Waals surface area (Å²) in [5, 5.41) is 3.17. The van der Waals surface area contributed by atoms with Gasteiger partial charge in [-0.25, -0.2) is 0 Å². The lowest BCUT2D eigenvalue weighted by atomic mass is 9.92. The summed E-state index contributed by atoms with van der Waals surface area (Å²) in [6, 6.07) is 14.3. The molecule has 5 heteroatoms. The molecule has 1 saturated carbocycles. The number of guanidine groups is 1. The van der Waals surface area contributed by atoms with Crippen molar-refractivity contribution in [3.8, 4) is 11.5 Å². The average molecular weight is 351 g/mol. The van der Waals surface area contributed by atoms with Gasteiger partial charge in [0.1, 0.15) is 0 Å². The summed E-state index contributed by atoms with van der Waals surface area (Å²) in [6.07, 6.45) is 3.22. The number of rotatable bonds is 4. The van der Waals surface area contributed by atoms with E-state index in [-0.39, 0.29) is 5.41 Å². The lowest BCUT2D eigenvalue weighted by molar-refractivity contribution is 0.297. The normalized spacial score (nSPS) is 18.1. The highest BCUT2D eigenvalue weighted by Gasteiger charge is 2.44. The molecule has 4 rings (SSSR count). The number of ether oxygens (including phenoxy) is 2. The summed E-state index contributed by atoms with van der Waals surface area (Å²) in [7, 11) is 0. The number of nitrogens with zero attached hydrogens (tertiary/aromatic N) is 1. The minimum absolute atomic E-state index is 0.155. The summed E-state index contributed by atoms with van der Waals surface area (Å²) in [5.41, 5.74) is 9.87. The molecule has 26 heavy (non-hydrogen) atoms. The SMILES string of the molecule is Cc1ccccc1C1(CN=C(N)Nc2ccc3c(c2)OCCCO3)CC1. The van der Waals surface area contributed by atoms with Crippen LogP contribution in [0.2, 0.25) is 0 Å². The van der Waals surface area contributed by atoms with E-state index in [1.54, 1.807) is 0 Å². The van der Waals surface area contributed by atoms with E-state index in [2.05, 4.69) is 41.5 Å². The minimum atomic E-state index is 0.155. The summed E-state index contributed by atoms with van der Waals surface area (Å²) in [6.45, 7) is 4.23. The first kappa shape index (κ1) is 16.8. The van der Waals surface area contributed by atoms with Crippen LogP contribution in [0.4, 0.5) is 5.69 Å². The molecule has 0 aromatic heterocycles. The van der Waals surface area contributed by atoms with Gasteiger partial charge in [0.25, 0.3) is 0 Å². The number of nitrogens with one attached hydrogen (secondary N) is 1. The second kappa shape index (κ2) is 6.90. The topological polar surface area (TPSA) is 68.9 Å². The van der Waals surface area contributed by atoms with Crippen LogP contribution in [0.25, 0.3) is 0 Å². The number of benzene rings is 2. The largest absolute Gasteiger partial charge is 0.490 e. The van der Waals surface area contributed by atoms with Gasteiger partial charge in [-0.3, -0.25) is 4.99 Å². The van der Waals surface area contributed by atoms with Crippen LogP contribution in [0.5, 0.6) is 11.5 Å². The number of nitrogens with two attached hydrogens (primary N) is 1. The number of hydrogen-bond donors (Lipinski definition) is 2. The van der Waals surface area contributed by atoms with Crippen molar-refractivity contribution >= 4 is 11.6 Å². The first-order valence-corrected chi connectivity index (χ1v) is 9.19. The maximum atomic E-state index is 6.13. The highest BCUT2D eigenvalue weighted by atomic mass is 16.5. The van der Waals surface area contributed by atoms with Gasteiger partial charge < -0.3 is 20.5 Å². The van der Waals surface area contributed by atoms with Gasteiger partial charge in [-0.15, -0.1) is 0 Å². The number of aryl methyl sites for hydroxylation is 1. The molecule has 1 aliphatic carbocycles. The van der Waals surface area contributed by atoms with E-state index < -0.39 is 0 Å². The molecule has 2 aromatic rings. The fourth-order valence-electron chi connectivity index (χ4n) is 3.50. The van der Waals surface area contributed by atoms with Crippen molar-refractivity contribution in [3.05, 3.63) is 53.6 Å². The second-order valence-corrected chi connectivity index (χ2v) is 7.13. The van der Waals surface area contributed by atoms with Crippen LogP contribution >= 0.6 is 0 Å². The van der Waals surface area contributed by atoms with E-state index >= 15 is 0 Å². The van der Waals surface area contributed by atoms with Gasteiger partial charge in [0.15, 0.2) is 17.5 Å². The third-order valence-corrected chi connectivity index (χ3v) is 5.14. The Balaban J connectivity index is 1.44. The van der Waals surface area contributed by atoms with E-state index in [0.717, 1.165) is 23.6 Å². The maximum absolute atomic E-state index is 6.13. The predicted octanol–water partition coefficient (Wildman–Crippen LogP) is 3.61. The molecule has 0 atom stereocenters. The molecule has 3 N–H and O–H groups in total. The Hall–Kier alpha value is -2.69. The Morgan fingerprint density at radius 1 is 1.12 bits per heavy atom. The number of hydrogen-bond acceptors (Lipinski definition) is 3. The summed E-state index contributed by atoms with van der Waals surface area (Å²) < 4.78 is 11.4. The Kier molecular flexibility index (Phi) is 4.45. The van der Waals surface area contributed by atoms with Crippen LogP contribution in [0, 0.1) is 6.92 Å². The fourth-order valence-corrected chi connectivity index (χ4v) is 3.50. The first-order valence-electron chi connectivity index (χ1n) is 9.19. The number of fused-ring (bicyclic) bond motifs is 1. The number of anilines is 1. The van der Waals surface area contributed by atoms with Crippen LogP contribution in [0.3, 0.4) is 0 Å². The Morgan fingerprint density at radius 2 is 1.88 bits per heavy atom. The molecule has 0 amide bonds. The van der Waals surface area contributed by atoms with Crippen molar-refractivity contribution in [1.82, 2.24) is 0 Å².